The van der Waals surface area contributed by atoms with Crippen LogP contribution in [0.4, 0.5) is 5.82 Å². The molecule has 0 spiro atoms. The molecule has 154 valence electrons. The van der Waals surface area contributed by atoms with Crippen LogP contribution >= 0.6 is 11.6 Å². The largest absolute Gasteiger partial charge is 0.495 e. The Kier molecular flexibility index (Phi) is 6.36. The molecule has 2 aromatic heterocycles. The average Bonchev–Trinajstić information content (AvgIpc) is 3.04. The minimum absolute atomic E-state index is 0.0681. The molecule has 0 saturated carbocycles. The number of hydrogen-bond acceptors (Lipinski definition) is 7. The van der Waals surface area contributed by atoms with Gasteiger partial charge in [0.05, 0.1) is 22.7 Å². The summed E-state index contributed by atoms with van der Waals surface area (Å²) in [6.45, 7) is 4.38. The van der Waals surface area contributed by atoms with E-state index >= 15 is 0 Å². The molecular formula is C18H21ClN6O3S. The number of aromatic nitrogens is 4. The molecule has 2 N–H and O–H groups in total. The zero-order valence-electron chi connectivity index (χ0n) is 16.2. The summed E-state index contributed by atoms with van der Waals surface area (Å²) >= 11 is 6.00. The molecule has 0 bridgehead atoms. The monoisotopic (exact) mass is 436 g/mol. The molecule has 3 aromatic rings. The molecule has 1 aromatic carbocycles. The summed E-state index contributed by atoms with van der Waals surface area (Å²) in [5.74, 6) is 1.66. The van der Waals surface area contributed by atoms with Gasteiger partial charge in [0.2, 0.25) is 10.0 Å². The van der Waals surface area contributed by atoms with E-state index in [0.29, 0.717) is 23.9 Å². The highest BCUT2D eigenvalue weighted by Gasteiger charge is 2.15. The van der Waals surface area contributed by atoms with Crippen molar-refractivity contribution in [1.29, 1.82) is 0 Å². The van der Waals surface area contributed by atoms with Crippen LogP contribution in [0.5, 0.6) is 5.75 Å². The van der Waals surface area contributed by atoms with Crippen molar-refractivity contribution in [3.05, 3.63) is 53.3 Å². The van der Waals surface area contributed by atoms with E-state index < -0.39 is 10.0 Å². The fourth-order valence-electron chi connectivity index (χ4n) is 2.58. The summed E-state index contributed by atoms with van der Waals surface area (Å²) in [6.07, 6.45) is 3.14. The molecular weight excluding hydrogens is 416 g/mol. The van der Waals surface area contributed by atoms with Crippen LogP contribution in [0.15, 0.2) is 41.8 Å². The third-order valence-corrected chi connectivity index (χ3v) is 6.06. The highest BCUT2D eigenvalue weighted by molar-refractivity contribution is 7.89. The van der Waals surface area contributed by atoms with Crippen molar-refractivity contribution in [1.82, 2.24) is 24.2 Å². The van der Waals surface area contributed by atoms with E-state index in [0.717, 1.165) is 11.4 Å². The first-order chi connectivity index (χ1) is 13.8. The summed E-state index contributed by atoms with van der Waals surface area (Å²) < 4.78 is 34.2. The van der Waals surface area contributed by atoms with Crippen LogP contribution < -0.4 is 14.8 Å². The number of imidazole rings is 1. The third-order valence-electron chi connectivity index (χ3n) is 4.31. The topological polar surface area (TPSA) is 111 Å². The number of halogens is 1. The molecule has 9 nitrogen and oxygen atoms in total. The molecule has 0 atom stereocenters. The molecule has 0 unspecified atom stereocenters. The molecule has 3 rings (SSSR count). The van der Waals surface area contributed by atoms with Gasteiger partial charge in [-0.3, -0.25) is 4.57 Å². The van der Waals surface area contributed by atoms with Crippen LogP contribution in [0, 0.1) is 13.8 Å². The number of nitrogens with zero attached hydrogens (tertiary/aromatic N) is 4. The van der Waals surface area contributed by atoms with Crippen molar-refractivity contribution in [2.24, 2.45) is 0 Å². The number of methoxy groups -OCH3 is 1. The van der Waals surface area contributed by atoms with Crippen LogP contribution in [0.2, 0.25) is 5.02 Å². The number of sulfonamides is 1. The molecule has 0 amide bonds. The van der Waals surface area contributed by atoms with Crippen LogP contribution in [-0.2, 0) is 10.0 Å². The van der Waals surface area contributed by atoms with Crippen molar-refractivity contribution < 1.29 is 13.2 Å². The number of benzene rings is 1. The summed E-state index contributed by atoms with van der Waals surface area (Å²) in [4.78, 5) is 12.7. The SMILES string of the molecule is COc1ccc(S(=O)(=O)NCCNc2cc(-n3cnc(C)c3C)ncn2)cc1Cl. The number of hydrogen-bond donors (Lipinski definition) is 2. The Morgan fingerprint density at radius 2 is 1.93 bits per heavy atom. The Balaban J connectivity index is 1.60. The fraction of sp³-hybridized carbons (Fsp3) is 0.278. The second-order valence-corrected chi connectivity index (χ2v) is 8.34. The van der Waals surface area contributed by atoms with Gasteiger partial charge in [0.1, 0.15) is 30.0 Å². The van der Waals surface area contributed by atoms with Gasteiger partial charge >= 0.3 is 0 Å². The first kappa shape index (κ1) is 21.0. The minimum Gasteiger partial charge on any atom is -0.495 e. The maximum absolute atomic E-state index is 12.4. The molecule has 0 aliphatic heterocycles. The van der Waals surface area contributed by atoms with Crippen molar-refractivity contribution in [2.75, 3.05) is 25.5 Å². The van der Waals surface area contributed by atoms with Gasteiger partial charge in [0, 0.05) is 24.8 Å². The Morgan fingerprint density at radius 3 is 2.59 bits per heavy atom. The van der Waals surface area contributed by atoms with E-state index in [1.165, 1.54) is 31.6 Å². The normalized spacial score (nSPS) is 11.4. The highest BCUT2D eigenvalue weighted by atomic mass is 35.5. The summed E-state index contributed by atoms with van der Waals surface area (Å²) in [6, 6.07) is 6.07. The van der Waals surface area contributed by atoms with Gasteiger partial charge in [-0.15, -0.1) is 0 Å². The van der Waals surface area contributed by atoms with Gasteiger partial charge < -0.3 is 10.1 Å². The highest BCUT2D eigenvalue weighted by Crippen LogP contribution is 2.26. The van der Waals surface area contributed by atoms with Gasteiger partial charge in [-0.1, -0.05) is 11.6 Å². The van der Waals surface area contributed by atoms with Gasteiger partial charge in [-0.05, 0) is 32.0 Å². The molecule has 11 heteroatoms. The zero-order chi connectivity index (χ0) is 21.0. The molecule has 0 aliphatic carbocycles. The lowest BCUT2D eigenvalue weighted by Crippen LogP contribution is -2.29. The Hall–Kier alpha value is -2.69. The molecule has 0 saturated heterocycles. The molecule has 29 heavy (non-hydrogen) atoms. The first-order valence-electron chi connectivity index (χ1n) is 8.72. The standard InChI is InChI=1S/C18H21ClN6O3S/c1-12-13(2)25(11-23-12)18-9-17(21-10-22-18)20-6-7-24-29(26,27)14-4-5-16(28-3)15(19)8-14/h4-5,8-11,24H,6-7H2,1-3H3,(H,20,21,22). The van der Waals surface area contributed by atoms with Crippen molar-refractivity contribution in [3.8, 4) is 11.6 Å². The van der Waals surface area contributed by atoms with Crippen LogP contribution in [0.3, 0.4) is 0 Å². The number of aryl methyl sites for hydroxylation is 1. The Morgan fingerprint density at radius 1 is 1.14 bits per heavy atom. The number of nitrogens with one attached hydrogen (secondary N) is 2. The molecule has 0 radical (unpaired) electrons. The number of rotatable bonds is 8. The third kappa shape index (κ3) is 4.84. The quantitative estimate of drug-likeness (QED) is 0.521. The number of ether oxygens (including phenoxy) is 1. The van der Waals surface area contributed by atoms with E-state index in [9.17, 15) is 8.42 Å². The predicted molar refractivity (Wildman–Crippen MR) is 110 cm³/mol. The fourth-order valence-corrected chi connectivity index (χ4v) is 3.96. The van der Waals surface area contributed by atoms with Crippen LogP contribution in [-0.4, -0.2) is 48.1 Å². The molecule has 0 aliphatic rings. The van der Waals surface area contributed by atoms with E-state index in [4.69, 9.17) is 16.3 Å². The van der Waals surface area contributed by atoms with Crippen molar-refractivity contribution in [3.63, 3.8) is 0 Å². The Labute approximate surface area is 174 Å². The Bertz CT molecular complexity index is 1120. The first-order valence-corrected chi connectivity index (χ1v) is 10.6. The van der Waals surface area contributed by atoms with Gasteiger partial charge in [0.25, 0.3) is 0 Å². The number of anilines is 1. The van der Waals surface area contributed by atoms with E-state index in [-0.39, 0.29) is 16.5 Å². The zero-order valence-corrected chi connectivity index (χ0v) is 17.8. The minimum atomic E-state index is -3.69. The van der Waals surface area contributed by atoms with Gasteiger partial charge in [0.15, 0.2) is 0 Å². The van der Waals surface area contributed by atoms with Crippen molar-refractivity contribution in [2.45, 2.75) is 18.7 Å². The average molecular weight is 437 g/mol. The van der Waals surface area contributed by atoms with E-state index in [1.807, 2.05) is 18.4 Å². The predicted octanol–water partition coefficient (Wildman–Crippen LogP) is 2.33. The van der Waals surface area contributed by atoms with Gasteiger partial charge in [-0.2, -0.15) is 0 Å². The summed E-state index contributed by atoms with van der Waals surface area (Å²) in [7, 11) is -2.23. The van der Waals surface area contributed by atoms with Gasteiger partial charge in [-0.25, -0.2) is 28.1 Å². The van der Waals surface area contributed by atoms with E-state index in [2.05, 4.69) is 25.0 Å². The second kappa shape index (κ2) is 8.76. The van der Waals surface area contributed by atoms with E-state index in [1.54, 1.807) is 12.4 Å². The molecule has 2 heterocycles. The lowest BCUT2D eigenvalue weighted by atomic mass is 10.3. The second-order valence-electron chi connectivity index (χ2n) is 6.17. The molecule has 0 fully saturated rings. The maximum Gasteiger partial charge on any atom is 0.240 e. The smallest absolute Gasteiger partial charge is 0.240 e. The lowest BCUT2D eigenvalue weighted by Gasteiger charge is -2.10. The summed E-state index contributed by atoms with van der Waals surface area (Å²) in [5, 5.41) is 3.31. The van der Waals surface area contributed by atoms with Crippen LogP contribution in [0.25, 0.3) is 5.82 Å². The van der Waals surface area contributed by atoms with Crippen molar-refractivity contribution >= 4 is 27.4 Å². The van der Waals surface area contributed by atoms with Crippen LogP contribution in [0.1, 0.15) is 11.4 Å². The maximum atomic E-state index is 12.4. The lowest BCUT2D eigenvalue weighted by molar-refractivity contribution is 0.414. The summed E-state index contributed by atoms with van der Waals surface area (Å²) in [5.41, 5.74) is 1.91.